The molecule has 0 amide bonds. The Labute approximate surface area is 167 Å². The first kappa shape index (κ1) is 20.1. The summed E-state index contributed by atoms with van der Waals surface area (Å²) in [5.74, 6) is 0.171. The van der Waals surface area contributed by atoms with Crippen LogP contribution in [0.25, 0.3) is 0 Å². The third-order valence-corrected chi connectivity index (χ3v) is 5.49. The van der Waals surface area contributed by atoms with E-state index in [0.717, 1.165) is 30.8 Å². The third kappa shape index (κ3) is 3.42. The first-order valence-electron chi connectivity index (χ1n) is 9.84. The molecule has 1 unspecified atom stereocenters. The Hall–Kier alpha value is -2.66. The molecule has 5 heteroatoms. The van der Waals surface area contributed by atoms with Gasteiger partial charge in [0.25, 0.3) is 0 Å². The number of nitrogens with zero attached hydrogens (tertiary/aromatic N) is 2. The largest absolute Gasteiger partial charge is 0.377 e. The fourth-order valence-electron chi connectivity index (χ4n) is 4.06. The van der Waals surface area contributed by atoms with E-state index in [2.05, 4.69) is 11.8 Å². The number of rotatable bonds is 7. The van der Waals surface area contributed by atoms with Crippen LogP contribution in [0.1, 0.15) is 51.6 Å². The van der Waals surface area contributed by atoms with Crippen molar-refractivity contribution in [2.75, 3.05) is 44.0 Å². The Kier molecular flexibility index (Phi) is 5.84. The summed E-state index contributed by atoms with van der Waals surface area (Å²) < 4.78 is 0. The normalized spacial score (nSPS) is 13.8. The maximum atomic E-state index is 13.4. The number of ketones is 2. The van der Waals surface area contributed by atoms with Gasteiger partial charge < -0.3 is 15.5 Å². The van der Waals surface area contributed by atoms with Gasteiger partial charge in [-0.1, -0.05) is 37.6 Å². The molecule has 2 aromatic rings. The molecule has 148 valence electrons. The highest BCUT2D eigenvalue weighted by molar-refractivity contribution is 6.32. The summed E-state index contributed by atoms with van der Waals surface area (Å²) in [4.78, 5) is 30.7. The predicted molar refractivity (Wildman–Crippen MR) is 115 cm³/mol. The van der Waals surface area contributed by atoms with Crippen molar-refractivity contribution < 1.29 is 9.59 Å². The van der Waals surface area contributed by atoms with Crippen LogP contribution in [-0.4, -0.2) is 45.8 Å². The Morgan fingerprint density at radius 1 is 0.893 bits per heavy atom. The molecule has 0 bridgehead atoms. The van der Waals surface area contributed by atoms with Crippen LogP contribution in [0.3, 0.4) is 0 Å². The maximum absolute atomic E-state index is 13.4. The van der Waals surface area contributed by atoms with Crippen molar-refractivity contribution in [3.63, 3.8) is 0 Å². The summed E-state index contributed by atoms with van der Waals surface area (Å²) in [5, 5.41) is 0. The van der Waals surface area contributed by atoms with Crippen molar-refractivity contribution in [3.05, 3.63) is 58.7 Å². The van der Waals surface area contributed by atoms with Crippen LogP contribution < -0.4 is 15.5 Å². The predicted octanol–water partition coefficient (Wildman–Crippen LogP) is 3.34. The van der Waals surface area contributed by atoms with Crippen LogP contribution in [0.15, 0.2) is 36.4 Å². The van der Waals surface area contributed by atoms with E-state index in [1.807, 2.05) is 38.2 Å². The molecule has 1 aliphatic carbocycles. The van der Waals surface area contributed by atoms with Gasteiger partial charge in [-0.2, -0.15) is 0 Å². The standard InChI is InChI=1S/C23H29N3O2/c1-5-8-15(13-24)14-26(4)19-12-11-18(25(2)3)20-21(19)23(28)17-10-7-6-9-16(17)22(20)27/h6-7,9-12,15H,5,8,13-14,24H2,1-4H3. The van der Waals surface area contributed by atoms with Gasteiger partial charge in [-0.3, -0.25) is 9.59 Å². The zero-order chi connectivity index (χ0) is 20.4. The molecule has 0 saturated heterocycles. The zero-order valence-corrected chi connectivity index (χ0v) is 17.2. The second-order valence-electron chi connectivity index (χ2n) is 7.72. The van der Waals surface area contributed by atoms with E-state index in [1.165, 1.54) is 0 Å². The van der Waals surface area contributed by atoms with Gasteiger partial charge in [0, 0.05) is 50.2 Å². The number of benzene rings is 2. The van der Waals surface area contributed by atoms with Gasteiger partial charge in [-0.15, -0.1) is 0 Å². The van der Waals surface area contributed by atoms with E-state index in [4.69, 9.17) is 5.73 Å². The van der Waals surface area contributed by atoms with Crippen molar-refractivity contribution >= 4 is 22.9 Å². The van der Waals surface area contributed by atoms with Crippen molar-refractivity contribution in [1.29, 1.82) is 0 Å². The highest BCUT2D eigenvalue weighted by Gasteiger charge is 2.35. The van der Waals surface area contributed by atoms with Gasteiger partial charge in [0.15, 0.2) is 11.6 Å². The van der Waals surface area contributed by atoms with Gasteiger partial charge in [0.2, 0.25) is 0 Å². The monoisotopic (exact) mass is 379 g/mol. The summed E-state index contributed by atoms with van der Waals surface area (Å²) >= 11 is 0. The molecule has 1 atom stereocenters. The fraction of sp³-hybridized carbons (Fsp3) is 0.391. The van der Waals surface area contributed by atoms with Crippen molar-refractivity contribution in [3.8, 4) is 0 Å². The second kappa shape index (κ2) is 8.15. The van der Waals surface area contributed by atoms with Gasteiger partial charge in [-0.25, -0.2) is 0 Å². The van der Waals surface area contributed by atoms with E-state index in [-0.39, 0.29) is 11.6 Å². The number of hydrogen-bond acceptors (Lipinski definition) is 5. The zero-order valence-electron chi connectivity index (χ0n) is 17.2. The first-order valence-corrected chi connectivity index (χ1v) is 9.84. The number of fused-ring (bicyclic) bond motifs is 2. The van der Waals surface area contributed by atoms with Crippen LogP contribution in [-0.2, 0) is 0 Å². The molecule has 0 aliphatic heterocycles. The summed E-state index contributed by atoms with van der Waals surface area (Å²) in [6.45, 7) is 3.50. The van der Waals surface area contributed by atoms with Crippen LogP contribution in [0, 0.1) is 5.92 Å². The number of anilines is 2. The SMILES string of the molecule is CCCC(CN)CN(C)c1ccc(N(C)C)c2c1C(=O)c1ccccc1C2=O. The van der Waals surface area contributed by atoms with Gasteiger partial charge in [-0.05, 0) is 31.0 Å². The van der Waals surface area contributed by atoms with Crippen molar-refractivity contribution in [2.45, 2.75) is 19.8 Å². The lowest BCUT2D eigenvalue weighted by atomic mass is 9.82. The molecule has 0 spiro atoms. The minimum atomic E-state index is -0.0897. The molecular formula is C23H29N3O2. The second-order valence-corrected chi connectivity index (χ2v) is 7.72. The van der Waals surface area contributed by atoms with E-state index >= 15 is 0 Å². The Bertz CT molecular complexity index is 905. The topological polar surface area (TPSA) is 66.6 Å². The number of hydrogen-bond donors (Lipinski definition) is 1. The molecule has 0 radical (unpaired) electrons. The lowest BCUT2D eigenvalue weighted by Crippen LogP contribution is -2.33. The molecule has 28 heavy (non-hydrogen) atoms. The smallest absolute Gasteiger partial charge is 0.196 e. The van der Waals surface area contributed by atoms with Gasteiger partial charge in [0.1, 0.15) is 0 Å². The van der Waals surface area contributed by atoms with Crippen LogP contribution in [0.2, 0.25) is 0 Å². The number of carbonyl (C=O) groups excluding carboxylic acids is 2. The first-order chi connectivity index (χ1) is 13.4. The number of nitrogens with two attached hydrogens (primary N) is 1. The summed E-state index contributed by atoms with van der Waals surface area (Å²) in [6, 6.07) is 11.0. The lowest BCUT2D eigenvalue weighted by Gasteiger charge is -2.31. The average Bonchev–Trinajstić information content (AvgIpc) is 2.70. The molecule has 0 saturated carbocycles. The molecule has 0 heterocycles. The van der Waals surface area contributed by atoms with Crippen molar-refractivity contribution in [1.82, 2.24) is 0 Å². The van der Waals surface area contributed by atoms with E-state index < -0.39 is 0 Å². The molecule has 2 N–H and O–H groups in total. The molecule has 5 nitrogen and oxygen atoms in total. The summed E-state index contributed by atoms with van der Waals surface area (Å²) in [7, 11) is 5.76. The molecular weight excluding hydrogens is 350 g/mol. The Balaban J connectivity index is 2.15. The lowest BCUT2D eigenvalue weighted by molar-refractivity contribution is 0.0980. The van der Waals surface area contributed by atoms with E-state index in [9.17, 15) is 9.59 Å². The van der Waals surface area contributed by atoms with E-state index in [0.29, 0.717) is 34.7 Å². The van der Waals surface area contributed by atoms with Gasteiger partial charge >= 0.3 is 0 Å². The maximum Gasteiger partial charge on any atom is 0.196 e. The molecule has 1 aliphatic rings. The third-order valence-electron chi connectivity index (χ3n) is 5.49. The van der Waals surface area contributed by atoms with Crippen LogP contribution in [0.4, 0.5) is 11.4 Å². The van der Waals surface area contributed by atoms with Crippen LogP contribution >= 0.6 is 0 Å². The molecule has 3 rings (SSSR count). The molecule has 2 aromatic carbocycles. The average molecular weight is 380 g/mol. The Morgan fingerprint density at radius 2 is 1.43 bits per heavy atom. The summed E-state index contributed by atoms with van der Waals surface area (Å²) in [5.41, 5.74) is 9.47. The minimum Gasteiger partial charge on any atom is -0.377 e. The molecule has 0 fully saturated rings. The fourth-order valence-corrected chi connectivity index (χ4v) is 4.06. The van der Waals surface area contributed by atoms with Crippen LogP contribution in [0.5, 0.6) is 0 Å². The van der Waals surface area contributed by atoms with Crippen molar-refractivity contribution in [2.24, 2.45) is 11.7 Å². The Morgan fingerprint density at radius 3 is 1.93 bits per heavy atom. The van der Waals surface area contributed by atoms with Gasteiger partial charge in [0.05, 0.1) is 11.1 Å². The quantitative estimate of drug-likeness (QED) is 0.682. The van der Waals surface area contributed by atoms with E-state index in [1.54, 1.807) is 24.3 Å². The summed E-state index contributed by atoms with van der Waals surface area (Å²) in [6.07, 6.45) is 2.10. The highest BCUT2D eigenvalue weighted by atomic mass is 16.1. The molecule has 0 aromatic heterocycles. The number of carbonyl (C=O) groups is 2. The minimum absolute atomic E-state index is 0.0875. The highest BCUT2D eigenvalue weighted by Crippen LogP contribution is 2.38.